The lowest BCUT2D eigenvalue weighted by atomic mass is 10.1. The van der Waals surface area contributed by atoms with E-state index in [9.17, 15) is 4.79 Å². The Labute approximate surface area is 134 Å². The van der Waals surface area contributed by atoms with E-state index < -0.39 is 5.91 Å². The first-order valence-electron chi connectivity index (χ1n) is 7.19. The Bertz CT molecular complexity index is 884. The van der Waals surface area contributed by atoms with Crippen LogP contribution < -0.4 is 10.5 Å². The number of nitrogens with two attached hydrogens (primary N) is 1. The second-order valence-corrected chi connectivity index (χ2v) is 5.08. The number of aromatic nitrogens is 1. The van der Waals surface area contributed by atoms with Crippen molar-refractivity contribution in [3.8, 4) is 5.75 Å². The van der Waals surface area contributed by atoms with E-state index in [1.807, 2.05) is 60.7 Å². The van der Waals surface area contributed by atoms with Gasteiger partial charge in [-0.3, -0.25) is 4.79 Å². The van der Waals surface area contributed by atoms with Gasteiger partial charge in [-0.15, -0.1) is 0 Å². The zero-order valence-corrected chi connectivity index (χ0v) is 12.7. The van der Waals surface area contributed by atoms with Gasteiger partial charge in [-0.1, -0.05) is 36.4 Å². The SMILES string of the molecule is COc1ccc(/C=C/c2cc(C(N)=O)c3ccccc3n2)cc1. The third-order valence-corrected chi connectivity index (χ3v) is 3.56. The number of primary amides is 1. The summed E-state index contributed by atoms with van der Waals surface area (Å²) >= 11 is 0. The number of para-hydroxylation sites is 1. The summed E-state index contributed by atoms with van der Waals surface area (Å²) < 4.78 is 5.13. The summed E-state index contributed by atoms with van der Waals surface area (Å²) in [7, 11) is 1.63. The normalized spacial score (nSPS) is 11.0. The summed E-state index contributed by atoms with van der Waals surface area (Å²) in [5.74, 6) is 0.352. The van der Waals surface area contributed by atoms with Gasteiger partial charge in [0, 0.05) is 5.39 Å². The van der Waals surface area contributed by atoms with Crippen molar-refractivity contribution in [3.05, 3.63) is 71.4 Å². The number of carbonyl (C=O) groups is 1. The maximum atomic E-state index is 11.7. The lowest BCUT2D eigenvalue weighted by Crippen LogP contribution is -2.12. The Morgan fingerprint density at radius 3 is 2.52 bits per heavy atom. The molecule has 0 aliphatic heterocycles. The lowest BCUT2D eigenvalue weighted by Gasteiger charge is -2.05. The van der Waals surface area contributed by atoms with Gasteiger partial charge in [0.1, 0.15) is 5.75 Å². The van der Waals surface area contributed by atoms with Crippen LogP contribution in [0.1, 0.15) is 21.6 Å². The minimum Gasteiger partial charge on any atom is -0.497 e. The molecule has 0 aliphatic rings. The largest absolute Gasteiger partial charge is 0.497 e. The van der Waals surface area contributed by atoms with Gasteiger partial charge in [0.2, 0.25) is 5.91 Å². The van der Waals surface area contributed by atoms with E-state index in [1.54, 1.807) is 13.2 Å². The van der Waals surface area contributed by atoms with Crippen molar-refractivity contribution in [2.45, 2.75) is 0 Å². The minimum absolute atomic E-state index is 0.456. The van der Waals surface area contributed by atoms with Crippen LogP contribution in [0.2, 0.25) is 0 Å². The van der Waals surface area contributed by atoms with E-state index >= 15 is 0 Å². The molecule has 3 aromatic rings. The van der Waals surface area contributed by atoms with Crippen LogP contribution in [0.3, 0.4) is 0 Å². The van der Waals surface area contributed by atoms with Crippen LogP contribution >= 0.6 is 0 Å². The molecule has 0 saturated carbocycles. The molecule has 23 heavy (non-hydrogen) atoms. The number of fused-ring (bicyclic) bond motifs is 1. The summed E-state index contributed by atoms with van der Waals surface area (Å²) in [5.41, 5.74) is 8.41. The van der Waals surface area contributed by atoms with Gasteiger partial charge in [0.25, 0.3) is 0 Å². The Hall–Kier alpha value is -3.14. The number of hydrogen-bond donors (Lipinski definition) is 1. The van der Waals surface area contributed by atoms with Gasteiger partial charge < -0.3 is 10.5 Å². The van der Waals surface area contributed by atoms with Crippen molar-refractivity contribution in [1.82, 2.24) is 4.98 Å². The summed E-state index contributed by atoms with van der Waals surface area (Å²) in [5, 5.41) is 0.765. The molecule has 0 spiro atoms. The number of methoxy groups -OCH3 is 1. The fourth-order valence-corrected chi connectivity index (χ4v) is 2.38. The Morgan fingerprint density at radius 1 is 1.09 bits per heavy atom. The number of hydrogen-bond acceptors (Lipinski definition) is 3. The molecule has 2 N–H and O–H groups in total. The third-order valence-electron chi connectivity index (χ3n) is 3.56. The average Bonchev–Trinajstić information content (AvgIpc) is 2.59. The van der Waals surface area contributed by atoms with Gasteiger partial charge in [-0.25, -0.2) is 4.98 Å². The predicted molar refractivity (Wildman–Crippen MR) is 92.2 cm³/mol. The zero-order chi connectivity index (χ0) is 16.2. The summed E-state index contributed by atoms with van der Waals surface area (Å²) in [6, 6.07) is 16.9. The first kappa shape index (κ1) is 14.8. The van der Waals surface area contributed by atoms with Gasteiger partial charge in [0.15, 0.2) is 0 Å². The van der Waals surface area contributed by atoms with E-state index in [-0.39, 0.29) is 0 Å². The molecule has 0 atom stereocenters. The summed E-state index contributed by atoms with van der Waals surface area (Å²) in [4.78, 5) is 16.2. The highest BCUT2D eigenvalue weighted by atomic mass is 16.5. The van der Waals surface area contributed by atoms with E-state index in [0.717, 1.165) is 22.2 Å². The van der Waals surface area contributed by atoms with Crippen LogP contribution in [-0.4, -0.2) is 18.0 Å². The molecular formula is C19H16N2O2. The van der Waals surface area contributed by atoms with Crippen molar-refractivity contribution in [3.63, 3.8) is 0 Å². The molecule has 0 fully saturated rings. The number of rotatable bonds is 4. The van der Waals surface area contributed by atoms with Crippen molar-refractivity contribution >= 4 is 29.0 Å². The quantitative estimate of drug-likeness (QED) is 0.802. The molecule has 2 aromatic carbocycles. The number of pyridine rings is 1. The summed E-state index contributed by atoms with van der Waals surface area (Å²) in [6.45, 7) is 0. The Morgan fingerprint density at radius 2 is 1.83 bits per heavy atom. The standard InChI is InChI=1S/C19H16N2O2/c1-23-15-10-7-13(8-11-15)6-9-14-12-17(19(20)22)16-4-2-3-5-18(16)21-14/h2-12H,1H3,(H2,20,22)/b9-6+. The van der Waals surface area contributed by atoms with Gasteiger partial charge >= 0.3 is 0 Å². The highest BCUT2D eigenvalue weighted by Crippen LogP contribution is 2.20. The number of benzene rings is 2. The molecule has 0 radical (unpaired) electrons. The molecule has 4 heteroatoms. The van der Waals surface area contributed by atoms with Crippen LogP contribution in [0.4, 0.5) is 0 Å². The topological polar surface area (TPSA) is 65.2 Å². The van der Waals surface area contributed by atoms with Crippen molar-refractivity contribution in [2.24, 2.45) is 5.73 Å². The first-order valence-corrected chi connectivity index (χ1v) is 7.19. The highest BCUT2D eigenvalue weighted by Gasteiger charge is 2.08. The maximum Gasteiger partial charge on any atom is 0.249 e. The molecule has 3 rings (SSSR count). The number of ether oxygens (including phenoxy) is 1. The Balaban J connectivity index is 1.99. The molecule has 114 valence electrons. The minimum atomic E-state index is -0.456. The fraction of sp³-hybridized carbons (Fsp3) is 0.0526. The van der Waals surface area contributed by atoms with Crippen LogP contribution in [0.15, 0.2) is 54.6 Å². The van der Waals surface area contributed by atoms with Crippen molar-refractivity contribution < 1.29 is 9.53 Å². The third kappa shape index (κ3) is 3.21. The number of nitrogens with zero attached hydrogens (tertiary/aromatic N) is 1. The second kappa shape index (κ2) is 6.32. The zero-order valence-electron chi connectivity index (χ0n) is 12.7. The fourth-order valence-electron chi connectivity index (χ4n) is 2.38. The molecular weight excluding hydrogens is 288 g/mol. The van der Waals surface area contributed by atoms with Crippen molar-refractivity contribution in [1.29, 1.82) is 0 Å². The number of amides is 1. The molecule has 0 bridgehead atoms. The summed E-state index contributed by atoms with van der Waals surface area (Å²) in [6.07, 6.45) is 3.79. The molecule has 0 unspecified atom stereocenters. The van der Waals surface area contributed by atoms with Gasteiger partial charge in [-0.05, 0) is 35.9 Å². The van der Waals surface area contributed by atoms with E-state index in [4.69, 9.17) is 10.5 Å². The predicted octanol–water partition coefficient (Wildman–Crippen LogP) is 3.51. The molecule has 1 amide bonds. The highest BCUT2D eigenvalue weighted by molar-refractivity contribution is 6.05. The van der Waals surface area contributed by atoms with Crippen LogP contribution in [0, 0.1) is 0 Å². The molecule has 1 heterocycles. The van der Waals surface area contributed by atoms with Gasteiger partial charge in [-0.2, -0.15) is 0 Å². The van der Waals surface area contributed by atoms with E-state index in [1.165, 1.54) is 0 Å². The van der Waals surface area contributed by atoms with Crippen LogP contribution in [0.5, 0.6) is 5.75 Å². The Kier molecular flexibility index (Phi) is 4.06. The maximum absolute atomic E-state index is 11.7. The molecule has 1 aromatic heterocycles. The average molecular weight is 304 g/mol. The smallest absolute Gasteiger partial charge is 0.249 e. The van der Waals surface area contributed by atoms with Crippen LogP contribution in [0.25, 0.3) is 23.1 Å². The van der Waals surface area contributed by atoms with E-state index in [2.05, 4.69) is 4.98 Å². The van der Waals surface area contributed by atoms with Gasteiger partial charge in [0.05, 0.1) is 23.9 Å². The van der Waals surface area contributed by atoms with Crippen molar-refractivity contribution in [2.75, 3.05) is 7.11 Å². The van der Waals surface area contributed by atoms with Crippen LogP contribution in [-0.2, 0) is 0 Å². The number of carbonyl (C=O) groups excluding carboxylic acids is 1. The first-order chi connectivity index (χ1) is 11.2. The second-order valence-electron chi connectivity index (χ2n) is 5.08. The molecule has 4 nitrogen and oxygen atoms in total. The molecule has 0 aliphatic carbocycles. The lowest BCUT2D eigenvalue weighted by molar-refractivity contribution is 0.100. The monoisotopic (exact) mass is 304 g/mol. The van der Waals surface area contributed by atoms with E-state index in [0.29, 0.717) is 11.3 Å². The molecule has 0 saturated heterocycles.